The van der Waals surface area contributed by atoms with Gasteiger partial charge in [-0.3, -0.25) is 0 Å². The van der Waals surface area contributed by atoms with Crippen LogP contribution >= 0.6 is 11.3 Å². The third-order valence-corrected chi connectivity index (χ3v) is 12.2. The minimum atomic E-state index is 0.556. The summed E-state index contributed by atoms with van der Waals surface area (Å²) < 4.78 is 15.7. The van der Waals surface area contributed by atoms with Gasteiger partial charge < -0.3 is 8.83 Å². The monoisotopic (exact) mass is 747 g/mol. The number of nitrogens with zero attached hydrogens (tertiary/aromatic N) is 3. The van der Waals surface area contributed by atoms with Gasteiger partial charge in [-0.05, 0) is 41.5 Å². The highest BCUT2D eigenvalue weighted by molar-refractivity contribution is 7.26. The summed E-state index contributed by atoms with van der Waals surface area (Å²) in [6, 6.07) is 60.8. The summed E-state index contributed by atoms with van der Waals surface area (Å²) in [5.74, 6) is 1.74. The number of para-hydroxylation sites is 3. The van der Waals surface area contributed by atoms with Crippen LogP contribution in [0.15, 0.2) is 185 Å². The van der Waals surface area contributed by atoms with Gasteiger partial charge in [-0.2, -0.15) is 0 Å². The second-order valence-corrected chi connectivity index (χ2v) is 15.3. The van der Waals surface area contributed by atoms with Gasteiger partial charge in [-0.1, -0.05) is 146 Å². The lowest BCUT2D eigenvalue weighted by molar-refractivity contribution is 0.669. The third kappa shape index (κ3) is 5.04. The zero-order valence-electron chi connectivity index (χ0n) is 30.3. The van der Waals surface area contributed by atoms with E-state index in [0.717, 1.165) is 77.3 Å². The normalized spacial score (nSPS) is 11.9. The SMILES string of the molecule is c1ccc(-c2nc(-c3ccc(-c4ccc(-c5cccc6c5sc5ccccc56)c5c4oc4ccccc45)cc3)nc(-c3cccc4c3oc3ccccc34)n2)cc1. The van der Waals surface area contributed by atoms with E-state index in [-0.39, 0.29) is 0 Å². The third-order valence-electron chi connectivity index (χ3n) is 11.0. The van der Waals surface area contributed by atoms with Gasteiger partial charge in [0.15, 0.2) is 17.5 Å². The topological polar surface area (TPSA) is 65.0 Å². The van der Waals surface area contributed by atoms with Crippen LogP contribution in [0, 0.1) is 0 Å². The van der Waals surface area contributed by atoms with Crippen LogP contribution in [0.25, 0.3) is 120 Å². The van der Waals surface area contributed by atoms with Gasteiger partial charge in [0, 0.05) is 64.0 Å². The van der Waals surface area contributed by atoms with E-state index in [1.807, 2.05) is 78.1 Å². The van der Waals surface area contributed by atoms with Crippen molar-refractivity contribution in [1.29, 1.82) is 0 Å². The molecule has 12 aromatic rings. The molecule has 0 amide bonds. The molecule has 0 aliphatic rings. The van der Waals surface area contributed by atoms with Crippen molar-refractivity contribution < 1.29 is 8.83 Å². The van der Waals surface area contributed by atoms with E-state index in [2.05, 4.69) is 109 Å². The molecule has 4 aromatic heterocycles. The zero-order chi connectivity index (χ0) is 37.5. The van der Waals surface area contributed by atoms with Crippen molar-refractivity contribution >= 4 is 75.4 Å². The van der Waals surface area contributed by atoms with Crippen molar-refractivity contribution in [2.45, 2.75) is 0 Å². The maximum Gasteiger partial charge on any atom is 0.167 e. The van der Waals surface area contributed by atoms with Gasteiger partial charge in [0.25, 0.3) is 0 Å². The van der Waals surface area contributed by atoms with Crippen LogP contribution < -0.4 is 0 Å². The number of thiophene rings is 1. The molecule has 0 fully saturated rings. The molecule has 8 aromatic carbocycles. The van der Waals surface area contributed by atoms with E-state index in [0.29, 0.717) is 17.5 Å². The zero-order valence-corrected chi connectivity index (χ0v) is 31.1. The average Bonchev–Trinajstić information content (AvgIpc) is 3.98. The maximum atomic E-state index is 6.73. The Morgan fingerprint density at radius 3 is 1.70 bits per heavy atom. The smallest absolute Gasteiger partial charge is 0.167 e. The van der Waals surface area contributed by atoms with E-state index >= 15 is 0 Å². The first-order chi connectivity index (χ1) is 28.2. The molecule has 0 unspecified atom stereocenters. The average molecular weight is 748 g/mol. The van der Waals surface area contributed by atoms with Crippen molar-refractivity contribution in [2.24, 2.45) is 0 Å². The minimum absolute atomic E-state index is 0.556. The molecule has 266 valence electrons. The van der Waals surface area contributed by atoms with Gasteiger partial charge >= 0.3 is 0 Å². The maximum absolute atomic E-state index is 6.73. The van der Waals surface area contributed by atoms with Gasteiger partial charge in [0.1, 0.15) is 22.3 Å². The molecule has 12 rings (SSSR count). The fourth-order valence-corrected chi connectivity index (χ4v) is 9.53. The fraction of sp³-hybridized carbons (Fsp3) is 0. The summed E-state index contributed by atoms with van der Waals surface area (Å²) in [6.45, 7) is 0. The molecule has 5 nitrogen and oxygen atoms in total. The van der Waals surface area contributed by atoms with Crippen LogP contribution in [-0.4, -0.2) is 15.0 Å². The predicted octanol–water partition coefficient (Wildman–Crippen LogP) is 14.4. The number of furan rings is 2. The summed E-state index contributed by atoms with van der Waals surface area (Å²) in [6.07, 6.45) is 0. The number of rotatable bonds is 5. The largest absolute Gasteiger partial charge is 0.455 e. The molecule has 0 aliphatic carbocycles. The van der Waals surface area contributed by atoms with Crippen LogP contribution in [0.4, 0.5) is 0 Å². The number of hydrogen-bond donors (Lipinski definition) is 0. The van der Waals surface area contributed by atoms with Crippen molar-refractivity contribution in [1.82, 2.24) is 15.0 Å². The Morgan fingerprint density at radius 2 is 0.895 bits per heavy atom. The number of hydrogen-bond acceptors (Lipinski definition) is 6. The second kappa shape index (κ2) is 12.6. The first-order valence-electron chi connectivity index (χ1n) is 18.9. The fourth-order valence-electron chi connectivity index (χ4n) is 8.30. The molecule has 57 heavy (non-hydrogen) atoms. The Balaban J connectivity index is 1.00. The van der Waals surface area contributed by atoms with Crippen molar-refractivity contribution in [3.05, 3.63) is 176 Å². The van der Waals surface area contributed by atoms with Crippen LogP contribution in [0.3, 0.4) is 0 Å². The lowest BCUT2D eigenvalue weighted by atomic mass is 9.93. The molecule has 0 saturated heterocycles. The number of aromatic nitrogens is 3. The molecule has 0 spiro atoms. The Bertz CT molecular complexity index is 3530. The molecule has 4 heterocycles. The molecular formula is C51H29N3O2S. The highest BCUT2D eigenvalue weighted by atomic mass is 32.1. The summed E-state index contributed by atoms with van der Waals surface area (Å²) >= 11 is 1.85. The van der Waals surface area contributed by atoms with Crippen molar-refractivity contribution in [3.63, 3.8) is 0 Å². The molecule has 0 atom stereocenters. The van der Waals surface area contributed by atoms with Gasteiger partial charge in [-0.25, -0.2) is 15.0 Å². The van der Waals surface area contributed by atoms with E-state index in [9.17, 15) is 0 Å². The van der Waals surface area contributed by atoms with E-state index < -0.39 is 0 Å². The van der Waals surface area contributed by atoms with E-state index in [1.54, 1.807) is 0 Å². The summed E-state index contributed by atoms with van der Waals surface area (Å²) in [4.78, 5) is 15.1. The Morgan fingerprint density at radius 1 is 0.333 bits per heavy atom. The molecule has 0 N–H and O–H groups in total. The summed E-state index contributed by atoms with van der Waals surface area (Å²) in [5, 5.41) is 6.87. The predicted molar refractivity (Wildman–Crippen MR) is 234 cm³/mol. The van der Waals surface area contributed by atoms with Crippen LogP contribution in [-0.2, 0) is 0 Å². The minimum Gasteiger partial charge on any atom is -0.455 e. The second-order valence-electron chi connectivity index (χ2n) is 14.3. The first-order valence-corrected chi connectivity index (χ1v) is 19.7. The highest BCUT2D eigenvalue weighted by Gasteiger charge is 2.21. The molecule has 0 saturated carbocycles. The molecule has 0 aliphatic heterocycles. The van der Waals surface area contributed by atoms with Crippen LogP contribution in [0.5, 0.6) is 0 Å². The summed E-state index contributed by atoms with van der Waals surface area (Å²) in [5.41, 5.74) is 10.4. The lowest BCUT2D eigenvalue weighted by Gasteiger charge is -2.11. The van der Waals surface area contributed by atoms with Crippen molar-refractivity contribution in [3.8, 4) is 56.4 Å². The van der Waals surface area contributed by atoms with E-state index in [4.69, 9.17) is 23.8 Å². The van der Waals surface area contributed by atoms with Gasteiger partial charge in [0.05, 0.1) is 5.56 Å². The molecule has 6 heteroatoms. The van der Waals surface area contributed by atoms with Gasteiger partial charge in [-0.15, -0.1) is 11.3 Å². The molecular weight excluding hydrogens is 719 g/mol. The van der Waals surface area contributed by atoms with Crippen molar-refractivity contribution in [2.75, 3.05) is 0 Å². The summed E-state index contributed by atoms with van der Waals surface area (Å²) in [7, 11) is 0. The Kier molecular flexibility index (Phi) is 7.03. The standard InChI is InChI=1S/C51H29N3O2S/c1-2-12-31(13-3-1)49-52-50(54-51(53-49)41-20-10-17-37-34-14-4-7-21-42(34)55-46(37)41)32-26-24-30(25-27-32)33-28-29-36(45-40-16-5-8-22-43(40)56-47(33)45)39-19-11-18-38-35-15-6-9-23-44(35)57-48(38)39/h1-29H. The number of fused-ring (bicyclic) bond motifs is 9. The highest BCUT2D eigenvalue weighted by Crippen LogP contribution is 2.46. The van der Waals surface area contributed by atoms with Crippen LogP contribution in [0.2, 0.25) is 0 Å². The quantitative estimate of drug-likeness (QED) is 0.175. The Hall–Kier alpha value is -7.41. The van der Waals surface area contributed by atoms with E-state index in [1.165, 1.54) is 25.7 Å². The van der Waals surface area contributed by atoms with Crippen LogP contribution in [0.1, 0.15) is 0 Å². The number of benzene rings is 8. The Labute approximate surface area is 330 Å². The molecule has 0 bridgehead atoms. The van der Waals surface area contributed by atoms with Gasteiger partial charge in [0.2, 0.25) is 0 Å². The first kappa shape index (κ1) is 31.9. The lowest BCUT2D eigenvalue weighted by Crippen LogP contribution is -2.00. The molecule has 0 radical (unpaired) electrons.